The molecule has 0 saturated carbocycles. The molecule has 1 aromatic rings. The predicted molar refractivity (Wildman–Crippen MR) is 50.3 cm³/mol. The second-order valence-corrected chi connectivity index (χ2v) is 3.78. The quantitative estimate of drug-likeness (QED) is 0.570. The fourth-order valence-corrected chi connectivity index (χ4v) is 2.08. The van der Waals surface area contributed by atoms with Crippen molar-refractivity contribution in [3.63, 3.8) is 0 Å². The summed E-state index contributed by atoms with van der Waals surface area (Å²) in [6.07, 6.45) is 5.82. The molecule has 0 fully saturated rings. The molecule has 0 N–H and O–H groups in total. The average molecular weight is 161 g/mol. The van der Waals surface area contributed by atoms with Gasteiger partial charge in [-0.1, -0.05) is 6.92 Å². The van der Waals surface area contributed by atoms with Gasteiger partial charge in [0.15, 0.2) is 0 Å². The summed E-state index contributed by atoms with van der Waals surface area (Å²) in [4.78, 5) is 4.46. The lowest BCUT2D eigenvalue weighted by Crippen LogP contribution is -2.10. The number of aryl methyl sites for hydroxylation is 1. The molecule has 12 heavy (non-hydrogen) atoms. The number of hydrogen-bond acceptors (Lipinski definition) is 1. The largest absolute Gasteiger partial charge is 0.261 e. The van der Waals surface area contributed by atoms with Gasteiger partial charge in [0.1, 0.15) is 0 Å². The maximum atomic E-state index is 4.46. The van der Waals surface area contributed by atoms with Crippen LogP contribution in [0.5, 0.6) is 0 Å². The molecule has 0 spiro atoms. The van der Waals surface area contributed by atoms with Gasteiger partial charge in [-0.25, -0.2) is 0 Å². The standard InChI is InChI=1S/C11H15N/c1-8-6-7-12-11-9(2)4-3-5-10(8)11/h6-7,9H,3-5H2,1-2H3. The maximum Gasteiger partial charge on any atom is 0.0466 e. The van der Waals surface area contributed by atoms with Crippen molar-refractivity contribution in [2.75, 3.05) is 0 Å². The van der Waals surface area contributed by atoms with E-state index >= 15 is 0 Å². The number of hydrogen-bond donors (Lipinski definition) is 0. The third-order valence-corrected chi connectivity index (χ3v) is 2.85. The molecule has 0 radical (unpaired) electrons. The van der Waals surface area contributed by atoms with Crippen molar-refractivity contribution in [1.82, 2.24) is 4.98 Å². The Labute approximate surface area is 73.8 Å². The van der Waals surface area contributed by atoms with E-state index in [0.717, 1.165) is 0 Å². The van der Waals surface area contributed by atoms with Crippen molar-refractivity contribution in [3.05, 3.63) is 29.1 Å². The molecule has 1 aliphatic rings. The molecule has 2 rings (SSSR count). The first kappa shape index (κ1) is 7.78. The van der Waals surface area contributed by atoms with Crippen molar-refractivity contribution in [2.24, 2.45) is 0 Å². The Hall–Kier alpha value is -0.850. The van der Waals surface area contributed by atoms with Gasteiger partial charge in [-0.2, -0.15) is 0 Å². The minimum atomic E-state index is 0.675. The van der Waals surface area contributed by atoms with E-state index in [1.54, 1.807) is 0 Å². The van der Waals surface area contributed by atoms with E-state index in [9.17, 15) is 0 Å². The van der Waals surface area contributed by atoms with Gasteiger partial charge in [-0.15, -0.1) is 0 Å². The fourth-order valence-electron chi connectivity index (χ4n) is 2.08. The van der Waals surface area contributed by atoms with E-state index in [4.69, 9.17) is 0 Å². The van der Waals surface area contributed by atoms with Gasteiger partial charge in [-0.05, 0) is 49.3 Å². The molecule has 1 nitrogen and oxygen atoms in total. The van der Waals surface area contributed by atoms with Gasteiger partial charge in [0.25, 0.3) is 0 Å². The van der Waals surface area contributed by atoms with Crippen molar-refractivity contribution < 1.29 is 0 Å². The van der Waals surface area contributed by atoms with Crippen LogP contribution in [0.4, 0.5) is 0 Å². The highest BCUT2D eigenvalue weighted by Gasteiger charge is 2.18. The van der Waals surface area contributed by atoms with Crippen LogP contribution in [0, 0.1) is 6.92 Å². The lowest BCUT2D eigenvalue weighted by Gasteiger charge is -2.22. The third kappa shape index (κ3) is 1.13. The van der Waals surface area contributed by atoms with Crippen LogP contribution in [0.1, 0.15) is 42.5 Å². The van der Waals surface area contributed by atoms with Crippen LogP contribution in [0.25, 0.3) is 0 Å². The first-order valence-electron chi connectivity index (χ1n) is 4.73. The molecular weight excluding hydrogens is 146 g/mol. The van der Waals surface area contributed by atoms with E-state index in [1.165, 1.54) is 36.1 Å². The average Bonchev–Trinajstić information content (AvgIpc) is 2.07. The number of rotatable bonds is 0. The second-order valence-electron chi connectivity index (χ2n) is 3.78. The topological polar surface area (TPSA) is 12.9 Å². The van der Waals surface area contributed by atoms with Crippen LogP contribution in [-0.2, 0) is 6.42 Å². The van der Waals surface area contributed by atoms with Crippen LogP contribution >= 0.6 is 0 Å². The van der Waals surface area contributed by atoms with E-state index in [-0.39, 0.29) is 0 Å². The number of nitrogens with zero attached hydrogens (tertiary/aromatic N) is 1. The molecule has 1 heterocycles. The predicted octanol–water partition coefficient (Wildman–Crippen LogP) is 2.83. The summed E-state index contributed by atoms with van der Waals surface area (Å²) in [6.45, 7) is 4.48. The molecule has 0 bridgehead atoms. The highest BCUT2D eigenvalue weighted by atomic mass is 14.7. The van der Waals surface area contributed by atoms with Gasteiger partial charge < -0.3 is 0 Å². The molecule has 1 unspecified atom stereocenters. The van der Waals surface area contributed by atoms with Gasteiger partial charge in [-0.3, -0.25) is 4.98 Å². The zero-order chi connectivity index (χ0) is 8.55. The van der Waals surface area contributed by atoms with Crippen LogP contribution < -0.4 is 0 Å². The molecule has 64 valence electrons. The Morgan fingerprint density at radius 3 is 3.08 bits per heavy atom. The van der Waals surface area contributed by atoms with Crippen molar-refractivity contribution in [2.45, 2.75) is 39.0 Å². The lowest BCUT2D eigenvalue weighted by molar-refractivity contribution is 0.571. The van der Waals surface area contributed by atoms with Crippen molar-refractivity contribution >= 4 is 0 Å². The smallest absolute Gasteiger partial charge is 0.0466 e. The zero-order valence-corrected chi connectivity index (χ0v) is 7.80. The summed E-state index contributed by atoms with van der Waals surface area (Å²) in [5.74, 6) is 0.675. The Bertz CT molecular complexity index is 291. The third-order valence-electron chi connectivity index (χ3n) is 2.85. The number of pyridine rings is 1. The lowest BCUT2D eigenvalue weighted by atomic mass is 9.86. The molecule has 0 aromatic carbocycles. The molecule has 1 aliphatic carbocycles. The molecular formula is C11H15N. The highest BCUT2D eigenvalue weighted by Crippen LogP contribution is 2.30. The summed E-state index contributed by atoms with van der Waals surface area (Å²) in [5, 5.41) is 0. The maximum absolute atomic E-state index is 4.46. The Balaban J connectivity index is 2.52. The normalized spacial score (nSPS) is 22.0. The molecule has 0 saturated heterocycles. The molecule has 0 amide bonds. The number of aromatic nitrogens is 1. The van der Waals surface area contributed by atoms with Crippen LogP contribution in [0.15, 0.2) is 12.3 Å². The first-order valence-corrected chi connectivity index (χ1v) is 4.73. The molecule has 0 aliphatic heterocycles. The molecule has 1 aromatic heterocycles. The Morgan fingerprint density at radius 2 is 2.33 bits per heavy atom. The highest BCUT2D eigenvalue weighted by molar-refractivity contribution is 5.32. The fraction of sp³-hybridized carbons (Fsp3) is 0.545. The van der Waals surface area contributed by atoms with Crippen LogP contribution in [0.2, 0.25) is 0 Å². The van der Waals surface area contributed by atoms with E-state index in [2.05, 4.69) is 24.9 Å². The summed E-state index contributed by atoms with van der Waals surface area (Å²) in [7, 11) is 0. The minimum absolute atomic E-state index is 0.675. The minimum Gasteiger partial charge on any atom is -0.261 e. The van der Waals surface area contributed by atoms with Gasteiger partial charge in [0.2, 0.25) is 0 Å². The second kappa shape index (κ2) is 2.89. The molecule has 1 atom stereocenters. The van der Waals surface area contributed by atoms with Crippen molar-refractivity contribution in [1.29, 1.82) is 0 Å². The van der Waals surface area contributed by atoms with E-state index < -0.39 is 0 Å². The summed E-state index contributed by atoms with van der Waals surface area (Å²) in [6, 6.07) is 2.12. The summed E-state index contributed by atoms with van der Waals surface area (Å²) in [5.41, 5.74) is 4.28. The first-order chi connectivity index (χ1) is 5.79. The van der Waals surface area contributed by atoms with Crippen molar-refractivity contribution in [3.8, 4) is 0 Å². The SMILES string of the molecule is Cc1ccnc2c1CCCC2C. The van der Waals surface area contributed by atoms with E-state index in [0.29, 0.717) is 5.92 Å². The van der Waals surface area contributed by atoms with Crippen LogP contribution in [0.3, 0.4) is 0 Å². The van der Waals surface area contributed by atoms with E-state index in [1.807, 2.05) is 6.20 Å². The van der Waals surface area contributed by atoms with Crippen LogP contribution in [-0.4, -0.2) is 4.98 Å². The Morgan fingerprint density at radius 1 is 1.50 bits per heavy atom. The monoisotopic (exact) mass is 161 g/mol. The summed E-state index contributed by atoms with van der Waals surface area (Å²) >= 11 is 0. The Kier molecular flexibility index (Phi) is 1.87. The number of fused-ring (bicyclic) bond motifs is 1. The van der Waals surface area contributed by atoms with Gasteiger partial charge in [0.05, 0.1) is 0 Å². The van der Waals surface area contributed by atoms with Gasteiger partial charge in [0, 0.05) is 11.9 Å². The summed E-state index contributed by atoms with van der Waals surface area (Å²) < 4.78 is 0. The zero-order valence-electron chi connectivity index (χ0n) is 7.80. The molecule has 1 heteroatoms. The van der Waals surface area contributed by atoms with Gasteiger partial charge >= 0.3 is 0 Å².